The third-order valence-electron chi connectivity index (χ3n) is 11.1. The second-order valence-electron chi connectivity index (χ2n) is 15.8. The molecule has 4 rings (SSSR count). The van der Waals surface area contributed by atoms with Crippen molar-refractivity contribution < 1.29 is 20.4 Å². The average molecular weight is 801 g/mol. The SMILES string of the molecule is CCC(C)c1ccc(C)c(Sc2c(C)ccc(C(C)CC)c2O)c1O.CCCCCCCCc1ccc(O)c(Sc2cc(CCCCCCCC)ccc2O)c1. The molecular formula is C50H72O4S2. The molecule has 4 aromatic carbocycles. The highest BCUT2D eigenvalue weighted by Gasteiger charge is 2.20. The summed E-state index contributed by atoms with van der Waals surface area (Å²) < 4.78 is 0. The van der Waals surface area contributed by atoms with Crippen LogP contribution in [0.25, 0.3) is 0 Å². The first kappa shape index (κ1) is 47.2. The summed E-state index contributed by atoms with van der Waals surface area (Å²) in [6.07, 6.45) is 19.5. The van der Waals surface area contributed by atoms with Gasteiger partial charge in [0, 0.05) is 0 Å². The predicted molar refractivity (Wildman–Crippen MR) is 242 cm³/mol. The van der Waals surface area contributed by atoms with Crippen LogP contribution in [0.5, 0.6) is 23.0 Å². The van der Waals surface area contributed by atoms with Crippen molar-refractivity contribution in [2.45, 2.75) is 190 Å². The van der Waals surface area contributed by atoms with E-state index in [-0.39, 0.29) is 11.5 Å². The van der Waals surface area contributed by atoms with Gasteiger partial charge in [-0.2, -0.15) is 0 Å². The molecule has 4 aromatic rings. The maximum Gasteiger partial charge on any atom is 0.133 e. The minimum absolute atomic E-state index is 0.289. The van der Waals surface area contributed by atoms with Crippen LogP contribution in [0.2, 0.25) is 0 Å². The molecule has 0 amide bonds. The molecule has 0 heterocycles. The van der Waals surface area contributed by atoms with E-state index in [0.717, 1.165) is 67.5 Å². The van der Waals surface area contributed by atoms with Gasteiger partial charge in [0.25, 0.3) is 0 Å². The monoisotopic (exact) mass is 800 g/mol. The number of aryl methyl sites for hydroxylation is 4. The van der Waals surface area contributed by atoms with Gasteiger partial charge in [0.15, 0.2) is 0 Å². The van der Waals surface area contributed by atoms with Crippen molar-refractivity contribution in [3.8, 4) is 23.0 Å². The van der Waals surface area contributed by atoms with E-state index in [1.165, 1.54) is 112 Å². The molecule has 2 unspecified atom stereocenters. The fourth-order valence-corrected chi connectivity index (χ4v) is 8.99. The van der Waals surface area contributed by atoms with E-state index in [2.05, 4.69) is 65.8 Å². The maximum atomic E-state index is 10.8. The van der Waals surface area contributed by atoms with Crippen LogP contribution in [0, 0.1) is 13.8 Å². The number of phenolic OH excluding ortho intramolecular Hbond substituents is 4. The van der Waals surface area contributed by atoms with Crippen LogP contribution in [0.15, 0.2) is 80.2 Å². The first-order valence-corrected chi connectivity index (χ1v) is 23.2. The molecule has 0 radical (unpaired) electrons. The Hall–Kier alpha value is -3.22. The summed E-state index contributed by atoms with van der Waals surface area (Å²) in [6, 6.07) is 20.0. The fourth-order valence-electron chi connectivity index (χ4n) is 6.90. The van der Waals surface area contributed by atoms with Gasteiger partial charge < -0.3 is 20.4 Å². The Labute approximate surface area is 349 Å². The molecule has 4 N–H and O–H groups in total. The van der Waals surface area contributed by atoms with Crippen molar-refractivity contribution in [2.75, 3.05) is 0 Å². The van der Waals surface area contributed by atoms with Gasteiger partial charge in [-0.3, -0.25) is 0 Å². The molecule has 0 aliphatic heterocycles. The summed E-state index contributed by atoms with van der Waals surface area (Å²) in [5.74, 6) is 1.90. The van der Waals surface area contributed by atoms with Gasteiger partial charge in [-0.15, -0.1) is 0 Å². The van der Waals surface area contributed by atoms with Crippen LogP contribution >= 0.6 is 23.5 Å². The summed E-state index contributed by atoms with van der Waals surface area (Å²) in [6.45, 7) is 17.0. The summed E-state index contributed by atoms with van der Waals surface area (Å²) >= 11 is 2.95. The molecule has 2 atom stereocenters. The van der Waals surface area contributed by atoms with E-state index in [9.17, 15) is 20.4 Å². The fraction of sp³-hybridized carbons (Fsp3) is 0.520. The molecule has 4 nitrogen and oxygen atoms in total. The lowest BCUT2D eigenvalue weighted by atomic mass is 9.96. The summed E-state index contributed by atoms with van der Waals surface area (Å²) in [5, 5.41) is 42.4. The average Bonchev–Trinajstić information content (AvgIpc) is 3.19. The van der Waals surface area contributed by atoms with Crippen LogP contribution in [-0.2, 0) is 12.8 Å². The zero-order valence-corrected chi connectivity index (χ0v) is 37.5. The van der Waals surface area contributed by atoms with E-state index in [1.807, 2.05) is 38.1 Å². The highest BCUT2D eigenvalue weighted by atomic mass is 32.2. The minimum Gasteiger partial charge on any atom is -0.507 e. The summed E-state index contributed by atoms with van der Waals surface area (Å²) in [7, 11) is 0. The van der Waals surface area contributed by atoms with Gasteiger partial charge in [-0.25, -0.2) is 0 Å². The van der Waals surface area contributed by atoms with Crippen LogP contribution < -0.4 is 0 Å². The normalized spacial score (nSPS) is 12.3. The maximum absolute atomic E-state index is 10.8. The Morgan fingerprint density at radius 3 is 1.21 bits per heavy atom. The molecule has 0 aliphatic carbocycles. The van der Waals surface area contributed by atoms with E-state index in [1.54, 1.807) is 12.1 Å². The van der Waals surface area contributed by atoms with Crippen molar-refractivity contribution in [3.05, 3.63) is 94.0 Å². The second-order valence-corrected chi connectivity index (χ2v) is 17.9. The largest absolute Gasteiger partial charge is 0.507 e. The van der Waals surface area contributed by atoms with Crippen molar-refractivity contribution >= 4 is 23.5 Å². The highest BCUT2D eigenvalue weighted by molar-refractivity contribution is 7.99. The molecule has 0 saturated carbocycles. The summed E-state index contributed by atoms with van der Waals surface area (Å²) in [5.41, 5.74) is 6.54. The zero-order valence-electron chi connectivity index (χ0n) is 35.8. The highest BCUT2D eigenvalue weighted by Crippen LogP contribution is 2.47. The molecule has 0 saturated heterocycles. The molecule has 308 valence electrons. The van der Waals surface area contributed by atoms with Crippen molar-refractivity contribution in [1.29, 1.82) is 0 Å². The molecular weight excluding hydrogens is 729 g/mol. The Kier molecular flexibility index (Phi) is 21.2. The molecule has 0 fully saturated rings. The Morgan fingerprint density at radius 2 is 0.839 bits per heavy atom. The van der Waals surface area contributed by atoms with E-state index < -0.39 is 0 Å². The first-order valence-electron chi connectivity index (χ1n) is 21.6. The van der Waals surface area contributed by atoms with Gasteiger partial charge in [-0.05, 0) is 122 Å². The van der Waals surface area contributed by atoms with E-state index in [0.29, 0.717) is 23.3 Å². The number of hydrogen-bond acceptors (Lipinski definition) is 6. The van der Waals surface area contributed by atoms with Crippen LogP contribution in [0.3, 0.4) is 0 Å². The third kappa shape index (κ3) is 14.6. The van der Waals surface area contributed by atoms with Gasteiger partial charge in [0.1, 0.15) is 23.0 Å². The smallest absolute Gasteiger partial charge is 0.133 e. The number of hydrogen-bond donors (Lipinski definition) is 4. The van der Waals surface area contributed by atoms with Crippen LogP contribution in [0.1, 0.15) is 177 Å². The number of aromatic hydroxyl groups is 4. The molecule has 0 aromatic heterocycles. The molecule has 0 aliphatic rings. The lowest BCUT2D eigenvalue weighted by Crippen LogP contribution is -1.97. The zero-order chi connectivity index (χ0) is 41.0. The molecule has 6 heteroatoms. The van der Waals surface area contributed by atoms with Crippen molar-refractivity contribution in [1.82, 2.24) is 0 Å². The van der Waals surface area contributed by atoms with E-state index >= 15 is 0 Å². The number of benzene rings is 4. The number of phenols is 4. The van der Waals surface area contributed by atoms with Gasteiger partial charge >= 0.3 is 0 Å². The standard InChI is InChI=1S/C28H42O2S.C22H30O2S/c1-3-5-7-9-11-13-15-23-17-19-25(29)27(21-23)31-28-22-24(18-20-26(28)30)16-14-12-10-8-6-4-2;1-7-13(3)17-11-9-15(5)21(19(17)23)25-22-16(6)10-12-18(20(22)24)14(4)8-2/h17-22,29-30H,3-16H2,1-2H3;9-14,23-24H,7-8H2,1-6H3. The van der Waals surface area contributed by atoms with Gasteiger partial charge in [0.2, 0.25) is 0 Å². The van der Waals surface area contributed by atoms with Crippen molar-refractivity contribution in [2.24, 2.45) is 0 Å². The lowest BCUT2D eigenvalue weighted by molar-refractivity contribution is 0.445. The summed E-state index contributed by atoms with van der Waals surface area (Å²) in [4.78, 5) is 3.35. The number of unbranched alkanes of at least 4 members (excludes halogenated alkanes) is 10. The number of rotatable bonds is 22. The topological polar surface area (TPSA) is 80.9 Å². The molecule has 0 bridgehead atoms. The lowest BCUT2D eigenvalue weighted by Gasteiger charge is -2.19. The van der Waals surface area contributed by atoms with Gasteiger partial charge in [-0.1, -0.05) is 166 Å². The molecule has 0 spiro atoms. The quantitative estimate of drug-likeness (QED) is 0.0593. The third-order valence-corrected chi connectivity index (χ3v) is 13.6. The first-order chi connectivity index (χ1) is 26.9. The van der Waals surface area contributed by atoms with Crippen molar-refractivity contribution in [3.63, 3.8) is 0 Å². The minimum atomic E-state index is 0.289. The Morgan fingerprint density at radius 1 is 0.464 bits per heavy atom. The van der Waals surface area contributed by atoms with Gasteiger partial charge in [0.05, 0.1) is 19.6 Å². The van der Waals surface area contributed by atoms with Crippen LogP contribution in [-0.4, -0.2) is 20.4 Å². The Bertz CT molecular complexity index is 1640. The predicted octanol–water partition coefficient (Wildman–Crippen LogP) is 15.9. The van der Waals surface area contributed by atoms with E-state index in [4.69, 9.17) is 0 Å². The van der Waals surface area contributed by atoms with Crippen LogP contribution in [0.4, 0.5) is 0 Å². The Balaban J connectivity index is 0.000000307. The second kappa shape index (κ2) is 25.2. The molecule has 56 heavy (non-hydrogen) atoms.